The molecule has 33 heavy (non-hydrogen) atoms. The van der Waals surface area contributed by atoms with Gasteiger partial charge in [0.15, 0.2) is 11.6 Å². The van der Waals surface area contributed by atoms with E-state index in [9.17, 15) is 13.2 Å². The molecule has 2 aromatic rings. The minimum atomic E-state index is -4.84. The number of fused-ring (bicyclic) bond motifs is 1. The van der Waals surface area contributed by atoms with Gasteiger partial charge in [0.05, 0.1) is 17.8 Å². The van der Waals surface area contributed by atoms with Crippen molar-refractivity contribution in [2.45, 2.75) is 50.6 Å². The van der Waals surface area contributed by atoms with Crippen LogP contribution in [0.15, 0.2) is 18.5 Å². The Morgan fingerprint density at radius 2 is 2.06 bits per heavy atom. The lowest BCUT2D eigenvalue weighted by atomic mass is 10.1. The first-order valence-corrected chi connectivity index (χ1v) is 11.6. The SMILES string of the molecule is CC(C)c1nc(-c2cnc(N)c(OC(F)(F)F)c2)cn1[C@@]12C3C(N4CCCOCC4)C[C@H]1[C@@H]32. The monoisotopic (exact) mass is 463 g/mol. The summed E-state index contributed by atoms with van der Waals surface area (Å²) in [4.78, 5) is 11.4. The van der Waals surface area contributed by atoms with Crippen LogP contribution in [0.1, 0.15) is 38.4 Å². The fourth-order valence-electron chi connectivity index (χ4n) is 6.64. The number of rotatable bonds is 5. The van der Waals surface area contributed by atoms with E-state index in [-0.39, 0.29) is 17.3 Å². The third-order valence-electron chi connectivity index (χ3n) is 7.97. The number of hydrogen-bond donors (Lipinski definition) is 1. The molecule has 5 fully saturated rings. The van der Waals surface area contributed by atoms with Gasteiger partial charge in [-0.15, -0.1) is 13.2 Å². The Kier molecular flexibility index (Phi) is 4.56. The molecule has 0 radical (unpaired) electrons. The van der Waals surface area contributed by atoms with Crippen LogP contribution >= 0.6 is 0 Å². The molecule has 5 aliphatic rings. The van der Waals surface area contributed by atoms with Crippen LogP contribution in [0.3, 0.4) is 0 Å². The van der Waals surface area contributed by atoms with Crippen molar-refractivity contribution in [2.24, 2.45) is 17.8 Å². The molecule has 7 nitrogen and oxygen atoms in total. The number of nitrogens with two attached hydrogens (primary N) is 1. The first kappa shape index (κ1) is 21.2. The van der Waals surface area contributed by atoms with Crippen LogP contribution in [0, 0.1) is 17.8 Å². The zero-order valence-corrected chi connectivity index (χ0v) is 18.7. The van der Waals surface area contributed by atoms with Gasteiger partial charge in [0, 0.05) is 55.5 Å². The van der Waals surface area contributed by atoms with Gasteiger partial charge >= 0.3 is 6.36 Å². The van der Waals surface area contributed by atoms with E-state index >= 15 is 0 Å². The number of hydrogen-bond acceptors (Lipinski definition) is 6. The Labute approximate surface area is 190 Å². The molecule has 1 aliphatic heterocycles. The van der Waals surface area contributed by atoms with E-state index in [2.05, 4.69) is 33.0 Å². The average molecular weight is 464 g/mol. The smallest absolute Gasteiger partial charge is 0.402 e. The van der Waals surface area contributed by atoms with Gasteiger partial charge in [-0.1, -0.05) is 13.8 Å². The van der Waals surface area contributed by atoms with Crippen LogP contribution in [0.2, 0.25) is 0 Å². The second-order valence-corrected chi connectivity index (χ2v) is 10.0. The fraction of sp³-hybridized carbons (Fsp3) is 0.652. The predicted molar refractivity (Wildman–Crippen MR) is 115 cm³/mol. The quantitative estimate of drug-likeness (QED) is 0.730. The molecule has 4 aliphatic carbocycles. The van der Waals surface area contributed by atoms with Gasteiger partial charge < -0.3 is 19.8 Å². The van der Waals surface area contributed by atoms with E-state index in [0.717, 1.165) is 38.5 Å². The summed E-state index contributed by atoms with van der Waals surface area (Å²) in [6, 6.07) is 1.86. The highest BCUT2D eigenvalue weighted by Crippen LogP contribution is 2.89. The molecule has 2 unspecified atom stereocenters. The molecule has 2 N–H and O–H groups in total. The molecule has 2 aromatic heterocycles. The average Bonchev–Trinajstić information content (AvgIpc) is 3.40. The third kappa shape index (κ3) is 3.17. The number of alkyl halides is 3. The van der Waals surface area contributed by atoms with Crippen molar-refractivity contribution >= 4 is 5.82 Å². The predicted octanol–water partition coefficient (Wildman–Crippen LogP) is 3.62. The number of halogens is 3. The highest BCUT2D eigenvalue weighted by Gasteiger charge is 2.93. The maximum atomic E-state index is 12.8. The molecule has 2 bridgehead atoms. The van der Waals surface area contributed by atoms with Gasteiger partial charge in [-0.25, -0.2) is 9.97 Å². The van der Waals surface area contributed by atoms with Gasteiger partial charge in [-0.3, -0.25) is 4.90 Å². The molecule has 3 heterocycles. The van der Waals surface area contributed by atoms with Crippen molar-refractivity contribution in [2.75, 3.05) is 32.0 Å². The molecular weight excluding hydrogens is 435 g/mol. The van der Waals surface area contributed by atoms with Crippen LogP contribution in [0.4, 0.5) is 19.0 Å². The Bertz CT molecular complexity index is 1070. The van der Waals surface area contributed by atoms with Crippen LogP contribution in [-0.2, 0) is 10.3 Å². The second-order valence-electron chi connectivity index (χ2n) is 10.0. The Morgan fingerprint density at radius 1 is 1.24 bits per heavy atom. The number of ether oxygens (including phenoxy) is 2. The summed E-state index contributed by atoms with van der Waals surface area (Å²) < 4.78 is 50.4. The topological polar surface area (TPSA) is 78.4 Å². The Hall–Kier alpha value is -2.33. The summed E-state index contributed by atoms with van der Waals surface area (Å²) in [5.41, 5.74) is 6.80. The van der Waals surface area contributed by atoms with E-state index in [1.54, 1.807) is 0 Å². The molecule has 10 heteroatoms. The van der Waals surface area contributed by atoms with Crippen molar-refractivity contribution in [3.05, 3.63) is 24.3 Å². The molecule has 0 aromatic carbocycles. The van der Waals surface area contributed by atoms with Gasteiger partial charge in [0.2, 0.25) is 0 Å². The molecule has 0 amide bonds. The summed E-state index contributed by atoms with van der Waals surface area (Å²) >= 11 is 0. The van der Waals surface area contributed by atoms with Gasteiger partial charge in [0.25, 0.3) is 0 Å². The molecule has 0 spiro atoms. The van der Waals surface area contributed by atoms with Crippen LogP contribution in [0.5, 0.6) is 5.75 Å². The van der Waals surface area contributed by atoms with Gasteiger partial charge in [-0.2, -0.15) is 0 Å². The molecule has 1 saturated heterocycles. The minimum absolute atomic E-state index is 0.120. The second kappa shape index (κ2) is 7.09. The zero-order chi connectivity index (χ0) is 23.1. The van der Waals surface area contributed by atoms with Crippen LogP contribution in [-0.4, -0.2) is 58.1 Å². The molecule has 7 rings (SSSR count). The summed E-state index contributed by atoms with van der Waals surface area (Å²) in [7, 11) is 0. The molecule has 4 saturated carbocycles. The number of nitrogen functional groups attached to an aromatic ring is 1. The summed E-state index contributed by atoms with van der Waals surface area (Å²) in [5.74, 6) is 2.31. The van der Waals surface area contributed by atoms with Crippen molar-refractivity contribution in [1.29, 1.82) is 0 Å². The maximum absolute atomic E-state index is 12.8. The first-order chi connectivity index (χ1) is 15.7. The fourth-order valence-corrected chi connectivity index (χ4v) is 6.64. The summed E-state index contributed by atoms with van der Waals surface area (Å²) in [6.45, 7) is 7.91. The van der Waals surface area contributed by atoms with E-state index < -0.39 is 12.1 Å². The van der Waals surface area contributed by atoms with Crippen molar-refractivity contribution < 1.29 is 22.6 Å². The maximum Gasteiger partial charge on any atom is 0.573 e. The summed E-state index contributed by atoms with van der Waals surface area (Å²) in [5, 5.41) is 0. The van der Waals surface area contributed by atoms with E-state index in [1.165, 1.54) is 18.7 Å². The lowest BCUT2D eigenvalue weighted by Crippen LogP contribution is -2.37. The molecule has 5 atom stereocenters. The highest BCUT2D eigenvalue weighted by atomic mass is 19.4. The zero-order valence-electron chi connectivity index (χ0n) is 18.7. The number of aromatic nitrogens is 3. The van der Waals surface area contributed by atoms with Gasteiger partial charge in [-0.05, 0) is 30.7 Å². The third-order valence-corrected chi connectivity index (χ3v) is 7.97. The lowest BCUT2D eigenvalue weighted by molar-refractivity contribution is -0.274. The van der Waals surface area contributed by atoms with Crippen molar-refractivity contribution in [1.82, 2.24) is 19.4 Å². The normalized spacial score (nSPS) is 33.2. The Balaban J connectivity index is 1.31. The number of pyridine rings is 1. The first-order valence-electron chi connectivity index (χ1n) is 11.6. The van der Waals surface area contributed by atoms with Crippen molar-refractivity contribution in [3.63, 3.8) is 0 Å². The minimum Gasteiger partial charge on any atom is -0.402 e. The van der Waals surface area contributed by atoms with E-state index in [4.69, 9.17) is 15.5 Å². The summed E-state index contributed by atoms with van der Waals surface area (Å²) in [6.07, 6.45) is 0.898. The number of imidazole rings is 1. The Morgan fingerprint density at radius 3 is 2.79 bits per heavy atom. The van der Waals surface area contributed by atoms with Crippen molar-refractivity contribution in [3.8, 4) is 17.0 Å². The molecular formula is C23H28F3N5O2. The van der Waals surface area contributed by atoms with Gasteiger partial charge in [0.1, 0.15) is 5.82 Å². The van der Waals surface area contributed by atoms with Crippen LogP contribution in [0.25, 0.3) is 11.3 Å². The van der Waals surface area contributed by atoms with Crippen LogP contribution < -0.4 is 10.5 Å². The number of nitrogens with zero attached hydrogens (tertiary/aromatic N) is 4. The lowest BCUT2D eigenvalue weighted by Gasteiger charge is -2.27. The molecule has 178 valence electrons. The largest absolute Gasteiger partial charge is 0.573 e. The van der Waals surface area contributed by atoms with E-state index in [0.29, 0.717) is 35.1 Å². The number of anilines is 1. The van der Waals surface area contributed by atoms with E-state index in [1.807, 2.05) is 6.20 Å². The standard InChI is InChI=1S/C23H28F3N5O2/c1-12(2)21-29-15(13-8-17(20(27)28-10-13)33-23(24,25)26)11-31(21)22-14-9-16(19(22)18(14)22)30-4-3-6-32-7-5-30/h8,10-12,14,16,18-19H,3-7,9H2,1-2H3,(H2,27,28)/t14-,16?,18-,19?,22-/m0/s1. The highest BCUT2D eigenvalue weighted by molar-refractivity contribution is 5.64.